The minimum Gasteiger partial charge on any atom is -0.546 e. The highest BCUT2D eigenvalue weighted by Crippen LogP contribution is 2.12. The number of carbonyl (C=O) groups is 1. The molecule has 2 aromatic carbocycles. The van der Waals surface area contributed by atoms with Crippen molar-refractivity contribution >= 4 is 35.2 Å². The first-order valence-electron chi connectivity index (χ1n) is 6.82. The zero-order valence-corrected chi connectivity index (χ0v) is 13.2. The molecule has 0 saturated carbocycles. The number of carboxylic acid groups (broad SMARTS) is 1. The first kappa shape index (κ1) is 17.4. The number of thiocarbonyl (C=S) groups is 1. The normalized spacial score (nSPS) is 10.4. The molecule has 2 aromatic rings. The van der Waals surface area contributed by atoms with E-state index in [9.17, 15) is 14.3 Å². The van der Waals surface area contributed by atoms with Crippen LogP contribution in [0, 0.1) is 5.82 Å². The zero-order chi connectivity index (χ0) is 17.4. The van der Waals surface area contributed by atoms with Crippen LogP contribution in [0.5, 0.6) is 5.75 Å². The summed E-state index contributed by atoms with van der Waals surface area (Å²) in [4.78, 5) is 10.3. The van der Waals surface area contributed by atoms with Crippen molar-refractivity contribution in [2.24, 2.45) is 5.10 Å². The van der Waals surface area contributed by atoms with Crippen molar-refractivity contribution < 1.29 is 19.0 Å². The van der Waals surface area contributed by atoms with Crippen LogP contribution in [0.3, 0.4) is 0 Å². The average molecular weight is 346 g/mol. The van der Waals surface area contributed by atoms with Gasteiger partial charge in [-0.15, -0.1) is 0 Å². The van der Waals surface area contributed by atoms with Gasteiger partial charge in [-0.3, -0.25) is 5.43 Å². The van der Waals surface area contributed by atoms with Gasteiger partial charge in [0.25, 0.3) is 0 Å². The van der Waals surface area contributed by atoms with E-state index in [1.807, 2.05) is 0 Å². The van der Waals surface area contributed by atoms with Crippen molar-refractivity contribution in [3.05, 3.63) is 59.9 Å². The third-order valence-corrected chi connectivity index (χ3v) is 2.93. The monoisotopic (exact) mass is 346 g/mol. The summed E-state index contributed by atoms with van der Waals surface area (Å²) in [7, 11) is 0. The van der Waals surface area contributed by atoms with E-state index >= 15 is 0 Å². The van der Waals surface area contributed by atoms with Gasteiger partial charge in [-0.05, 0) is 54.2 Å². The van der Waals surface area contributed by atoms with E-state index in [1.54, 1.807) is 42.5 Å². The molecule has 0 amide bonds. The van der Waals surface area contributed by atoms with Crippen LogP contribution in [0.25, 0.3) is 0 Å². The molecule has 8 heteroatoms. The molecule has 0 heterocycles. The number of ether oxygens (including phenoxy) is 1. The highest BCUT2D eigenvalue weighted by Gasteiger charge is 2.01. The number of carbonyl (C=O) groups excluding carboxylic acids is 1. The van der Waals surface area contributed by atoms with Gasteiger partial charge in [0.05, 0.1) is 17.9 Å². The third-order valence-electron chi connectivity index (χ3n) is 2.74. The molecule has 2 rings (SSSR count). The van der Waals surface area contributed by atoms with Crippen LogP contribution < -0.4 is 20.6 Å². The molecule has 0 aliphatic rings. The van der Waals surface area contributed by atoms with Crippen LogP contribution in [-0.4, -0.2) is 23.9 Å². The first-order valence-corrected chi connectivity index (χ1v) is 7.23. The Hall–Kier alpha value is -3.00. The molecule has 0 unspecified atom stereocenters. The third kappa shape index (κ3) is 5.65. The van der Waals surface area contributed by atoms with Crippen molar-refractivity contribution in [3.8, 4) is 5.75 Å². The summed E-state index contributed by atoms with van der Waals surface area (Å²) in [6, 6.07) is 12.7. The predicted molar refractivity (Wildman–Crippen MR) is 90.3 cm³/mol. The summed E-state index contributed by atoms with van der Waals surface area (Å²) in [5.74, 6) is -1.31. The maximum atomic E-state index is 13.4. The molecule has 24 heavy (non-hydrogen) atoms. The Labute approximate surface area is 143 Å². The SMILES string of the molecule is O=C([O-])COc1ccc(/C=N\NC(=S)Nc2ccccc2F)cc1. The lowest BCUT2D eigenvalue weighted by Crippen LogP contribution is -2.28. The number of nitrogens with zero attached hydrogens (tertiary/aromatic N) is 1. The van der Waals surface area contributed by atoms with Gasteiger partial charge in [0.2, 0.25) is 0 Å². The topological polar surface area (TPSA) is 85.8 Å². The summed E-state index contributed by atoms with van der Waals surface area (Å²) >= 11 is 5.01. The lowest BCUT2D eigenvalue weighted by molar-refractivity contribution is -0.307. The van der Waals surface area contributed by atoms with Crippen LogP contribution >= 0.6 is 12.2 Å². The van der Waals surface area contributed by atoms with Gasteiger partial charge in [-0.25, -0.2) is 4.39 Å². The Morgan fingerprint density at radius 1 is 1.25 bits per heavy atom. The number of benzene rings is 2. The number of para-hydroxylation sites is 1. The smallest absolute Gasteiger partial charge is 0.191 e. The van der Waals surface area contributed by atoms with Gasteiger partial charge in [0.15, 0.2) is 5.11 Å². The van der Waals surface area contributed by atoms with Gasteiger partial charge >= 0.3 is 0 Å². The van der Waals surface area contributed by atoms with Crippen molar-refractivity contribution in [2.75, 3.05) is 11.9 Å². The molecule has 0 atom stereocenters. The quantitative estimate of drug-likeness (QED) is 0.465. The van der Waals surface area contributed by atoms with Gasteiger partial charge in [-0.1, -0.05) is 12.1 Å². The van der Waals surface area contributed by atoms with Crippen LogP contribution in [0.1, 0.15) is 5.56 Å². The van der Waals surface area contributed by atoms with E-state index in [1.165, 1.54) is 12.3 Å². The van der Waals surface area contributed by atoms with E-state index in [0.29, 0.717) is 5.75 Å². The van der Waals surface area contributed by atoms with E-state index in [0.717, 1.165) is 5.56 Å². The van der Waals surface area contributed by atoms with E-state index < -0.39 is 18.4 Å². The van der Waals surface area contributed by atoms with E-state index in [4.69, 9.17) is 17.0 Å². The van der Waals surface area contributed by atoms with Crippen LogP contribution in [0.4, 0.5) is 10.1 Å². The molecule has 0 aliphatic heterocycles. The van der Waals surface area contributed by atoms with Crippen molar-refractivity contribution in [1.82, 2.24) is 5.43 Å². The van der Waals surface area contributed by atoms with E-state index in [-0.39, 0.29) is 10.8 Å². The number of hydrogen-bond donors (Lipinski definition) is 2. The van der Waals surface area contributed by atoms with Crippen LogP contribution in [0.15, 0.2) is 53.6 Å². The molecular weight excluding hydrogens is 333 g/mol. The minimum absolute atomic E-state index is 0.144. The molecule has 0 aromatic heterocycles. The van der Waals surface area contributed by atoms with Gasteiger partial charge in [0, 0.05) is 0 Å². The van der Waals surface area contributed by atoms with Gasteiger partial charge in [-0.2, -0.15) is 5.10 Å². The molecule has 0 bridgehead atoms. The number of aliphatic carboxylic acids is 1. The summed E-state index contributed by atoms with van der Waals surface area (Å²) in [6.07, 6.45) is 1.50. The number of carboxylic acids is 1. The summed E-state index contributed by atoms with van der Waals surface area (Å²) in [6.45, 7) is -0.509. The van der Waals surface area contributed by atoms with E-state index in [2.05, 4.69) is 15.8 Å². The molecule has 0 saturated heterocycles. The van der Waals surface area contributed by atoms with Crippen LogP contribution in [0.2, 0.25) is 0 Å². The van der Waals surface area contributed by atoms with Crippen LogP contribution in [-0.2, 0) is 4.79 Å². The Morgan fingerprint density at radius 3 is 2.62 bits per heavy atom. The number of hydrogen-bond acceptors (Lipinski definition) is 5. The fourth-order valence-corrected chi connectivity index (χ4v) is 1.83. The number of halogens is 1. The second-order valence-electron chi connectivity index (χ2n) is 4.53. The summed E-state index contributed by atoms with van der Waals surface area (Å²) < 4.78 is 18.4. The number of hydrazone groups is 1. The first-order chi connectivity index (χ1) is 11.5. The number of anilines is 1. The fourth-order valence-electron chi connectivity index (χ4n) is 1.67. The van der Waals surface area contributed by atoms with Crippen molar-refractivity contribution in [3.63, 3.8) is 0 Å². The second kappa shape index (κ2) is 8.59. The number of nitrogens with one attached hydrogen (secondary N) is 2. The molecule has 2 N–H and O–H groups in total. The predicted octanol–water partition coefficient (Wildman–Crippen LogP) is 1.27. The van der Waals surface area contributed by atoms with Gasteiger partial charge < -0.3 is 20.0 Å². The fraction of sp³-hybridized carbons (Fsp3) is 0.0625. The average Bonchev–Trinajstić information content (AvgIpc) is 2.56. The van der Waals surface area contributed by atoms with Crippen molar-refractivity contribution in [2.45, 2.75) is 0 Å². The number of rotatable bonds is 6. The standard InChI is InChI=1S/C16H14FN3O3S/c17-13-3-1-2-4-14(13)19-16(24)20-18-9-11-5-7-12(8-6-11)23-10-15(21)22/h1-9H,10H2,(H,21,22)(H2,19,20,24)/p-1/b18-9-. The molecule has 124 valence electrons. The lowest BCUT2D eigenvalue weighted by atomic mass is 10.2. The molecule has 6 nitrogen and oxygen atoms in total. The maximum absolute atomic E-state index is 13.4. The molecule has 0 aliphatic carbocycles. The lowest BCUT2D eigenvalue weighted by Gasteiger charge is -2.07. The highest BCUT2D eigenvalue weighted by molar-refractivity contribution is 7.80. The Balaban J connectivity index is 1.84. The van der Waals surface area contributed by atoms with Crippen molar-refractivity contribution in [1.29, 1.82) is 0 Å². The Bertz CT molecular complexity index is 750. The molecule has 0 radical (unpaired) electrons. The Kier molecular flexibility index (Phi) is 6.21. The molecule has 0 spiro atoms. The Morgan fingerprint density at radius 2 is 1.96 bits per heavy atom. The largest absolute Gasteiger partial charge is 0.546 e. The molecule has 0 fully saturated rings. The summed E-state index contributed by atoms with van der Waals surface area (Å²) in [5.41, 5.74) is 3.55. The molecular formula is C16H13FN3O3S-. The maximum Gasteiger partial charge on any atom is 0.191 e. The zero-order valence-electron chi connectivity index (χ0n) is 12.4. The summed E-state index contributed by atoms with van der Waals surface area (Å²) in [5, 5.41) is 17.0. The van der Waals surface area contributed by atoms with Gasteiger partial charge in [0.1, 0.15) is 18.2 Å². The minimum atomic E-state index is -1.29. The highest BCUT2D eigenvalue weighted by atomic mass is 32.1. The second-order valence-corrected chi connectivity index (χ2v) is 4.94.